The number of ether oxygens (including phenoxy) is 1. The number of hydrogen-bond donors (Lipinski definition) is 0. The third kappa shape index (κ3) is 3.74. The molecule has 0 aromatic heterocycles. The molecule has 94 valence electrons. The van der Waals surface area contributed by atoms with Crippen molar-refractivity contribution in [2.45, 2.75) is 51.2 Å². The molecule has 0 radical (unpaired) electrons. The summed E-state index contributed by atoms with van der Waals surface area (Å²) in [5, 5.41) is 8.74. The second-order valence-electron chi connectivity index (χ2n) is 5.19. The lowest BCUT2D eigenvalue weighted by Crippen LogP contribution is -2.41. The van der Waals surface area contributed by atoms with Gasteiger partial charge in [-0.05, 0) is 44.6 Å². The van der Waals surface area contributed by atoms with Crippen LogP contribution in [0.4, 0.5) is 0 Å². The Labute approximate surface area is 104 Å². The quantitative estimate of drug-likeness (QED) is 0.709. The summed E-state index contributed by atoms with van der Waals surface area (Å²) in [6.45, 7) is 4.16. The predicted molar refractivity (Wildman–Crippen MR) is 67.2 cm³/mol. The SMILES string of the molecule is C[C@H](C1CC1)N(CCC#N)C[C@@H]1CCC=CO1. The maximum atomic E-state index is 8.74. The number of nitriles is 1. The Hall–Kier alpha value is -1.01. The van der Waals surface area contributed by atoms with Gasteiger partial charge in [-0.15, -0.1) is 0 Å². The third-order valence-corrected chi connectivity index (χ3v) is 3.85. The van der Waals surface area contributed by atoms with Crippen LogP contribution in [-0.2, 0) is 4.74 Å². The van der Waals surface area contributed by atoms with E-state index in [0.29, 0.717) is 18.6 Å². The zero-order chi connectivity index (χ0) is 12.1. The van der Waals surface area contributed by atoms with Crippen LogP contribution < -0.4 is 0 Å². The molecule has 1 aliphatic heterocycles. The Morgan fingerprint density at radius 3 is 2.88 bits per heavy atom. The van der Waals surface area contributed by atoms with Crippen LogP contribution in [0.5, 0.6) is 0 Å². The molecule has 0 N–H and O–H groups in total. The Morgan fingerprint density at radius 2 is 2.29 bits per heavy atom. The molecule has 0 unspecified atom stereocenters. The molecule has 0 aromatic carbocycles. The molecular formula is C14H22N2O. The zero-order valence-corrected chi connectivity index (χ0v) is 10.6. The Morgan fingerprint density at radius 1 is 1.47 bits per heavy atom. The van der Waals surface area contributed by atoms with Gasteiger partial charge in [0.15, 0.2) is 0 Å². The van der Waals surface area contributed by atoms with Crippen molar-refractivity contribution in [1.82, 2.24) is 4.90 Å². The molecular weight excluding hydrogens is 212 g/mol. The van der Waals surface area contributed by atoms with Gasteiger partial charge < -0.3 is 4.74 Å². The van der Waals surface area contributed by atoms with E-state index >= 15 is 0 Å². The lowest BCUT2D eigenvalue weighted by molar-refractivity contribution is 0.0601. The second-order valence-corrected chi connectivity index (χ2v) is 5.19. The summed E-state index contributed by atoms with van der Waals surface area (Å²) in [6.07, 6.45) is 9.80. The molecule has 0 bridgehead atoms. The maximum Gasteiger partial charge on any atom is 0.111 e. The molecule has 17 heavy (non-hydrogen) atoms. The number of nitrogens with zero attached hydrogens (tertiary/aromatic N) is 2. The molecule has 0 aromatic rings. The number of allylic oxidation sites excluding steroid dienone is 1. The van der Waals surface area contributed by atoms with E-state index in [-0.39, 0.29) is 0 Å². The highest BCUT2D eigenvalue weighted by Crippen LogP contribution is 2.35. The van der Waals surface area contributed by atoms with Gasteiger partial charge in [0.05, 0.1) is 12.3 Å². The molecule has 1 heterocycles. The molecule has 3 nitrogen and oxygen atoms in total. The van der Waals surface area contributed by atoms with Crippen LogP contribution in [0.3, 0.4) is 0 Å². The molecule has 1 saturated carbocycles. The summed E-state index contributed by atoms with van der Waals surface area (Å²) >= 11 is 0. The van der Waals surface area contributed by atoms with Gasteiger partial charge in [0, 0.05) is 25.6 Å². The van der Waals surface area contributed by atoms with Crippen molar-refractivity contribution in [3.05, 3.63) is 12.3 Å². The highest BCUT2D eigenvalue weighted by Gasteiger charge is 2.32. The van der Waals surface area contributed by atoms with Gasteiger partial charge in [-0.1, -0.05) is 0 Å². The van der Waals surface area contributed by atoms with Crippen molar-refractivity contribution in [1.29, 1.82) is 5.26 Å². The minimum absolute atomic E-state index is 0.319. The van der Waals surface area contributed by atoms with Crippen LogP contribution in [-0.4, -0.2) is 30.1 Å². The summed E-state index contributed by atoms with van der Waals surface area (Å²) in [5.74, 6) is 0.854. The minimum atomic E-state index is 0.319. The molecule has 2 atom stereocenters. The highest BCUT2D eigenvalue weighted by molar-refractivity contribution is 4.89. The molecule has 0 spiro atoms. The van der Waals surface area contributed by atoms with E-state index in [2.05, 4.69) is 24.0 Å². The number of hydrogen-bond acceptors (Lipinski definition) is 3. The summed E-state index contributed by atoms with van der Waals surface area (Å²) in [5.41, 5.74) is 0. The molecule has 1 aliphatic carbocycles. The van der Waals surface area contributed by atoms with Gasteiger partial charge in [0.1, 0.15) is 6.10 Å². The maximum absolute atomic E-state index is 8.74. The van der Waals surface area contributed by atoms with Crippen molar-refractivity contribution in [3.8, 4) is 6.07 Å². The third-order valence-electron chi connectivity index (χ3n) is 3.85. The fourth-order valence-electron chi connectivity index (χ4n) is 2.51. The molecule has 2 rings (SSSR count). The largest absolute Gasteiger partial charge is 0.497 e. The average Bonchev–Trinajstić information content (AvgIpc) is 3.19. The summed E-state index contributed by atoms with van der Waals surface area (Å²) in [7, 11) is 0. The Kier molecular flexibility index (Phi) is 4.44. The van der Waals surface area contributed by atoms with E-state index in [4.69, 9.17) is 10.00 Å². The fraction of sp³-hybridized carbons (Fsp3) is 0.786. The van der Waals surface area contributed by atoms with Gasteiger partial charge >= 0.3 is 0 Å². The topological polar surface area (TPSA) is 36.3 Å². The van der Waals surface area contributed by atoms with Crippen molar-refractivity contribution in [2.24, 2.45) is 5.92 Å². The lowest BCUT2D eigenvalue weighted by Gasteiger charge is -2.32. The first-order valence-electron chi connectivity index (χ1n) is 6.72. The van der Waals surface area contributed by atoms with Crippen molar-refractivity contribution < 1.29 is 4.74 Å². The van der Waals surface area contributed by atoms with Crippen LogP contribution in [0.1, 0.15) is 39.0 Å². The molecule has 0 amide bonds. The molecule has 3 heteroatoms. The van der Waals surface area contributed by atoms with E-state index < -0.39 is 0 Å². The predicted octanol–water partition coefficient (Wildman–Crippen LogP) is 2.69. The van der Waals surface area contributed by atoms with Crippen LogP contribution in [0.25, 0.3) is 0 Å². The van der Waals surface area contributed by atoms with E-state index in [1.807, 2.05) is 6.26 Å². The van der Waals surface area contributed by atoms with E-state index in [0.717, 1.165) is 31.8 Å². The van der Waals surface area contributed by atoms with Gasteiger partial charge in [-0.2, -0.15) is 5.26 Å². The summed E-state index contributed by atoms with van der Waals surface area (Å²) < 4.78 is 5.63. The van der Waals surface area contributed by atoms with Crippen molar-refractivity contribution in [2.75, 3.05) is 13.1 Å². The average molecular weight is 234 g/mol. The Balaban J connectivity index is 1.85. The van der Waals surface area contributed by atoms with Gasteiger partial charge in [-0.25, -0.2) is 0 Å². The standard InChI is InChI=1S/C14H22N2O/c1-12(13-6-7-13)16(9-4-8-15)11-14-5-2-3-10-17-14/h3,10,12-14H,2,4-7,9,11H2,1H3/t12-,14+/m1/s1. The lowest BCUT2D eigenvalue weighted by atomic mass is 10.1. The molecule has 0 saturated heterocycles. The first kappa shape index (κ1) is 12.4. The second kappa shape index (κ2) is 6.07. The van der Waals surface area contributed by atoms with Crippen molar-refractivity contribution >= 4 is 0 Å². The first-order valence-corrected chi connectivity index (χ1v) is 6.72. The van der Waals surface area contributed by atoms with Crippen LogP contribution >= 0.6 is 0 Å². The summed E-state index contributed by atoms with van der Waals surface area (Å²) in [6, 6.07) is 2.86. The monoisotopic (exact) mass is 234 g/mol. The van der Waals surface area contributed by atoms with Crippen molar-refractivity contribution in [3.63, 3.8) is 0 Å². The molecule has 2 aliphatic rings. The van der Waals surface area contributed by atoms with Gasteiger partial charge in [-0.3, -0.25) is 4.90 Å². The van der Waals surface area contributed by atoms with Crippen LogP contribution in [0.15, 0.2) is 12.3 Å². The minimum Gasteiger partial charge on any atom is -0.497 e. The first-order chi connectivity index (χ1) is 8.31. The normalized spacial score (nSPS) is 25.4. The Bertz CT molecular complexity index is 304. The van der Waals surface area contributed by atoms with Gasteiger partial charge in [0.2, 0.25) is 0 Å². The van der Waals surface area contributed by atoms with E-state index in [9.17, 15) is 0 Å². The van der Waals surface area contributed by atoms with E-state index in [1.54, 1.807) is 0 Å². The van der Waals surface area contributed by atoms with Crippen LogP contribution in [0.2, 0.25) is 0 Å². The molecule has 1 fully saturated rings. The zero-order valence-electron chi connectivity index (χ0n) is 10.6. The highest BCUT2D eigenvalue weighted by atomic mass is 16.5. The fourth-order valence-corrected chi connectivity index (χ4v) is 2.51. The van der Waals surface area contributed by atoms with E-state index in [1.165, 1.54) is 12.8 Å². The van der Waals surface area contributed by atoms with Crippen LogP contribution in [0, 0.1) is 17.2 Å². The summed E-state index contributed by atoms with van der Waals surface area (Å²) in [4.78, 5) is 2.45. The van der Waals surface area contributed by atoms with Gasteiger partial charge in [0.25, 0.3) is 0 Å². The number of rotatable bonds is 6. The smallest absolute Gasteiger partial charge is 0.111 e.